The summed E-state index contributed by atoms with van der Waals surface area (Å²) < 4.78 is 5.00. The zero-order chi connectivity index (χ0) is 21.5. The van der Waals surface area contributed by atoms with Crippen LogP contribution in [0.5, 0.6) is 0 Å². The molecular weight excluding hydrogens is 386 g/mol. The van der Waals surface area contributed by atoms with Gasteiger partial charge < -0.3 is 29.7 Å². The highest BCUT2D eigenvalue weighted by Gasteiger charge is 2.29. The first-order chi connectivity index (χ1) is 14.5. The van der Waals surface area contributed by atoms with Gasteiger partial charge in [0.05, 0.1) is 6.61 Å². The van der Waals surface area contributed by atoms with Crippen molar-refractivity contribution in [3.63, 3.8) is 0 Å². The summed E-state index contributed by atoms with van der Waals surface area (Å²) in [6.07, 6.45) is -0.347. The molecule has 9 nitrogen and oxygen atoms in total. The number of anilines is 1. The third-order valence-corrected chi connectivity index (χ3v) is 5.52. The van der Waals surface area contributed by atoms with Crippen molar-refractivity contribution in [1.29, 1.82) is 0 Å². The number of para-hydroxylation sites is 1. The highest BCUT2D eigenvalue weighted by atomic mass is 16.6. The number of rotatable bonds is 4. The quantitative estimate of drug-likeness (QED) is 0.796. The molecule has 3 rings (SSSR count). The summed E-state index contributed by atoms with van der Waals surface area (Å²) in [5.74, 6) is -0.130. The molecule has 30 heavy (non-hydrogen) atoms. The summed E-state index contributed by atoms with van der Waals surface area (Å²) >= 11 is 0. The van der Waals surface area contributed by atoms with Crippen molar-refractivity contribution in [3.05, 3.63) is 30.3 Å². The standard InChI is InChI=1S/C21H31N5O4/c1-3-30-21(29)26-15-11-24(12-16-26)19(27)17(2)22-20(28)25-13-9-23(10-14-25)18-7-5-4-6-8-18/h4-8,17H,3,9-16H2,1-2H3,(H,22,28)/t17-/m0/s1. The second-order valence-electron chi connectivity index (χ2n) is 7.49. The van der Waals surface area contributed by atoms with Crippen LogP contribution in [0.15, 0.2) is 30.3 Å². The lowest BCUT2D eigenvalue weighted by Crippen LogP contribution is -2.58. The van der Waals surface area contributed by atoms with E-state index in [1.807, 2.05) is 18.2 Å². The van der Waals surface area contributed by atoms with Crippen molar-refractivity contribution in [2.75, 3.05) is 63.9 Å². The van der Waals surface area contributed by atoms with Crippen LogP contribution in [-0.2, 0) is 9.53 Å². The smallest absolute Gasteiger partial charge is 0.409 e. The van der Waals surface area contributed by atoms with E-state index in [0.29, 0.717) is 45.9 Å². The van der Waals surface area contributed by atoms with Crippen LogP contribution in [-0.4, -0.2) is 97.7 Å². The number of carbonyl (C=O) groups excluding carboxylic acids is 3. The SMILES string of the molecule is CCOC(=O)N1CCN(C(=O)[C@H](C)NC(=O)N2CCN(c3ccccc3)CC2)CC1. The van der Waals surface area contributed by atoms with Crippen LogP contribution in [0.1, 0.15) is 13.8 Å². The van der Waals surface area contributed by atoms with Crippen LogP contribution >= 0.6 is 0 Å². The monoisotopic (exact) mass is 417 g/mol. The second kappa shape index (κ2) is 10.2. The molecule has 1 atom stereocenters. The number of nitrogens with one attached hydrogen (secondary N) is 1. The fourth-order valence-electron chi connectivity index (χ4n) is 3.74. The summed E-state index contributed by atoms with van der Waals surface area (Å²) in [5.41, 5.74) is 1.16. The van der Waals surface area contributed by atoms with E-state index in [9.17, 15) is 14.4 Å². The van der Waals surface area contributed by atoms with E-state index in [1.54, 1.807) is 28.5 Å². The lowest BCUT2D eigenvalue weighted by Gasteiger charge is -2.37. The first-order valence-electron chi connectivity index (χ1n) is 10.6. The Labute approximate surface area is 177 Å². The Balaban J connectivity index is 1.42. The van der Waals surface area contributed by atoms with Crippen LogP contribution in [0.3, 0.4) is 0 Å². The van der Waals surface area contributed by atoms with Crippen LogP contribution in [0.4, 0.5) is 15.3 Å². The molecule has 2 heterocycles. The van der Waals surface area contributed by atoms with E-state index in [2.05, 4.69) is 22.3 Å². The summed E-state index contributed by atoms with van der Waals surface area (Å²) in [7, 11) is 0. The molecule has 0 unspecified atom stereocenters. The highest BCUT2D eigenvalue weighted by molar-refractivity contribution is 5.87. The molecular formula is C21H31N5O4. The van der Waals surface area contributed by atoms with Crippen molar-refractivity contribution in [2.45, 2.75) is 19.9 Å². The number of hydrogen-bond donors (Lipinski definition) is 1. The average Bonchev–Trinajstić information content (AvgIpc) is 2.79. The first kappa shape index (κ1) is 21.7. The van der Waals surface area contributed by atoms with E-state index >= 15 is 0 Å². The van der Waals surface area contributed by atoms with Gasteiger partial charge in [-0.3, -0.25) is 4.79 Å². The molecule has 2 fully saturated rings. The van der Waals surface area contributed by atoms with E-state index in [0.717, 1.165) is 18.8 Å². The summed E-state index contributed by atoms with van der Waals surface area (Å²) in [6.45, 7) is 8.30. The molecule has 2 aliphatic heterocycles. The van der Waals surface area contributed by atoms with Crippen molar-refractivity contribution in [3.8, 4) is 0 Å². The molecule has 2 saturated heterocycles. The minimum Gasteiger partial charge on any atom is -0.450 e. The van der Waals surface area contributed by atoms with Gasteiger partial charge in [0.25, 0.3) is 0 Å². The zero-order valence-electron chi connectivity index (χ0n) is 17.7. The van der Waals surface area contributed by atoms with Crippen molar-refractivity contribution >= 4 is 23.7 Å². The highest BCUT2D eigenvalue weighted by Crippen LogP contribution is 2.15. The van der Waals surface area contributed by atoms with E-state index in [1.165, 1.54) is 0 Å². The lowest BCUT2D eigenvalue weighted by atomic mass is 10.2. The van der Waals surface area contributed by atoms with Gasteiger partial charge >= 0.3 is 12.1 Å². The van der Waals surface area contributed by atoms with E-state index in [-0.39, 0.29) is 18.0 Å². The van der Waals surface area contributed by atoms with Crippen LogP contribution in [0, 0.1) is 0 Å². The molecule has 0 radical (unpaired) electrons. The van der Waals surface area contributed by atoms with Crippen LogP contribution < -0.4 is 10.2 Å². The number of ether oxygens (including phenoxy) is 1. The zero-order valence-corrected chi connectivity index (χ0v) is 17.7. The van der Waals surface area contributed by atoms with Gasteiger partial charge in [0, 0.05) is 58.0 Å². The number of hydrogen-bond acceptors (Lipinski definition) is 5. The Morgan fingerprint density at radius 2 is 1.47 bits per heavy atom. The first-order valence-corrected chi connectivity index (χ1v) is 10.6. The van der Waals surface area contributed by atoms with Gasteiger partial charge in [0.2, 0.25) is 5.91 Å². The summed E-state index contributed by atoms with van der Waals surface area (Å²) in [4.78, 5) is 44.4. The molecule has 0 aromatic heterocycles. The van der Waals surface area contributed by atoms with Crippen molar-refractivity contribution in [2.24, 2.45) is 0 Å². The molecule has 2 aliphatic rings. The fourth-order valence-corrected chi connectivity index (χ4v) is 3.74. The normalized spacial score (nSPS) is 18.1. The predicted molar refractivity (Wildman–Crippen MR) is 113 cm³/mol. The third-order valence-electron chi connectivity index (χ3n) is 5.52. The second-order valence-corrected chi connectivity index (χ2v) is 7.49. The summed E-state index contributed by atoms with van der Waals surface area (Å²) in [5, 5.41) is 2.83. The van der Waals surface area contributed by atoms with Gasteiger partial charge in [-0.15, -0.1) is 0 Å². The van der Waals surface area contributed by atoms with Crippen LogP contribution in [0.25, 0.3) is 0 Å². The predicted octanol–water partition coefficient (Wildman–Crippen LogP) is 1.21. The van der Waals surface area contributed by atoms with Gasteiger partial charge in [0.1, 0.15) is 6.04 Å². The molecule has 0 spiro atoms. The lowest BCUT2D eigenvalue weighted by molar-refractivity contribution is -0.134. The van der Waals surface area contributed by atoms with Gasteiger partial charge in [-0.25, -0.2) is 9.59 Å². The van der Waals surface area contributed by atoms with Crippen LogP contribution in [0.2, 0.25) is 0 Å². The molecule has 1 aromatic carbocycles. The largest absolute Gasteiger partial charge is 0.450 e. The van der Waals surface area contributed by atoms with Gasteiger partial charge in [-0.1, -0.05) is 18.2 Å². The number of carbonyl (C=O) groups is 3. The number of benzene rings is 1. The third kappa shape index (κ3) is 5.34. The minimum absolute atomic E-state index is 0.130. The Bertz CT molecular complexity index is 728. The Kier molecular flexibility index (Phi) is 7.37. The maximum absolute atomic E-state index is 12.7. The average molecular weight is 418 g/mol. The Morgan fingerprint density at radius 1 is 0.900 bits per heavy atom. The van der Waals surface area contributed by atoms with Gasteiger partial charge in [-0.05, 0) is 26.0 Å². The molecule has 9 heteroatoms. The molecule has 0 saturated carbocycles. The molecule has 4 amide bonds. The van der Waals surface area contributed by atoms with E-state index in [4.69, 9.17) is 4.74 Å². The minimum atomic E-state index is -0.612. The van der Waals surface area contributed by atoms with Crippen molar-refractivity contribution < 1.29 is 19.1 Å². The number of piperazine rings is 2. The fraction of sp³-hybridized carbons (Fsp3) is 0.571. The molecule has 0 aliphatic carbocycles. The molecule has 0 bridgehead atoms. The molecule has 164 valence electrons. The topological polar surface area (TPSA) is 85.4 Å². The van der Waals surface area contributed by atoms with Crippen molar-refractivity contribution in [1.82, 2.24) is 20.0 Å². The maximum Gasteiger partial charge on any atom is 0.409 e. The van der Waals surface area contributed by atoms with E-state index < -0.39 is 6.04 Å². The molecule has 1 N–H and O–H groups in total. The maximum atomic E-state index is 12.7. The summed E-state index contributed by atoms with van der Waals surface area (Å²) in [6, 6.07) is 9.31. The number of nitrogens with zero attached hydrogens (tertiary/aromatic N) is 4. The number of amides is 4. The number of urea groups is 1. The Morgan fingerprint density at radius 3 is 2.07 bits per heavy atom. The molecule has 1 aromatic rings. The Hall–Kier alpha value is -2.97. The van der Waals surface area contributed by atoms with Gasteiger partial charge in [-0.2, -0.15) is 0 Å². The van der Waals surface area contributed by atoms with Gasteiger partial charge in [0.15, 0.2) is 0 Å².